The predicted molar refractivity (Wildman–Crippen MR) is 127 cm³/mol. The topological polar surface area (TPSA) is 89.9 Å². The summed E-state index contributed by atoms with van der Waals surface area (Å²) < 4.78 is 10.4. The highest BCUT2D eigenvalue weighted by Crippen LogP contribution is 2.73. The maximum atomic E-state index is 13.4. The molecule has 0 aromatic rings. The highest BCUT2D eigenvalue weighted by atomic mass is 79.9. The minimum absolute atomic E-state index is 0.0212. The fraction of sp³-hybridized carbons (Fsp3) is 0.800. The van der Waals surface area contributed by atoms with Gasteiger partial charge >= 0.3 is 6.16 Å². The first-order chi connectivity index (χ1) is 15.4. The van der Waals surface area contributed by atoms with Crippen LogP contribution in [-0.2, 0) is 19.1 Å². The average Bonchev–Trinajstić information content (AvgIpc) is 2.97. The van der Waals surface area contributed by atoms with Gasteiger partial charge < -0.3 is 14.6 Å². The van der Waals surface area contributed by atoms with Crippen LogP contribution in [0.25, 0.3) is 0 Å². The largest absolute Gasteiger partial charge is 0.509 e. The van der Waals surface area contributed by atoms with Gasteiger partial charge in [-0.05, 0) is 56.9 Å². The van der Waals surface area contributed by atoms with Crippen molar-refractivity contribution in [2.75, 3.05) is 12.5 Å². The Hall–Kier alpha value is -0.920. The number of aliphatic hydroxyl groups excluding tert-OH is 1. The van der Waals surface area contributed by atoms with Gasteiger partial charge in [0.25, 0.3) is 0 Å². The van der Waals surface area contributed by atoms with Gasteiger partial charge in [0, 0.05) is 23.2 Å². The van der Waals surface area contributed by atoms with Crippen molar-refractivity contribution in [2.45, 2.75) is 82.2 Å². The van der Waals surface area contributed by atoms with E-state index in [-0.39, 0.29) is 53.6 Å². The molecule has 4 rings (SSSR count). The van der Waals surface area contributed by atoms with E-state index in [4.69, 9.17) is 21.1 Å². The van der Waals surface area contributed by atoms with Gasteiger partial charge in [0.15, 0.2) is 17.2 Å². The summed E-state index contributed by atoms with van der Waals surface area (Å²) in [5, 5.41) is 11.8. The van der Waals surface area contributed by atoms with Crippen molar-refractivity contribution in [3.05, 3.63) is 11.6 Å². The quantitative estimate of drug-likeness (QED) is 0.396. The van der Waals surface area contributed by atoms with Gasteiger partial charge in [-0.2, -0.15) is 0 Å². The molecule has 0 amide bonds. The van der Waals surface area contributed by atoms with Crippen LogP contribution >= 0.6 is 27.5 Å². The lowest BCUT2D eigenvalue weighted by atomic mass is 9.45. The Balaban J connectivity index is 1.82. The molecule has 0 saturated heterocycles. The molecule has 33 heavy (non-hydrogen) atoms. The van der Waals surface area contributed by atoms with Crippen LogP contribution in [-0.4, -0.2) is 51.3 Å². The molecule has 184 valence electrons. The molecule has 0 unspecified atom stereocenters. The van der Waals surface area contributed by atoms with Crippen molar-refractivity contribution >= 4 is 45.3 Å². The number of hydrogen-bond acceptors (Lipinski definition) is 6. The lowest BCUT2D eigenvalue weighted by molar-refractivity contribution is -0.182. The molecule has 1 N–H and O–H groups in total. The maximum Gasteiger partial charge on any atom is 0.509 e. The summed E-state index contributed by atoms with van der Waals surface area (Å²) in [5.41, 5.74) is -1.52. The van der Waals surface area contributed by atoms with Gasteiger partial charge in [-0.3, -0.25) is 9.59 Å². The van der Waals surface area contributed by atoms with Crippen LogP contribution in [0.3, 0.4) is 0 Å². The summed E-state index contributed by atoms with van der Waals surface area (Å²) in [6, 6.07) is 0. The molecule has 0 radical (unpaired) electrons. The molecule has 0 aliphatic heterocycles. The lowest BCUT2D eigenvalue weighted by Crippen LogP contribution is -2.69. The molecular formula is C25H34BrClO6. The minimum Gasteiger partial charge on any atom is -0.435 e. The average molecular weight is 546 g/mol. The molecule has 0 aromatic heterocycles. The zero-order valence-electron chi connectivity index (χ0n) is 19.8. The number of rotatable bonds is 4. The van der Waals surface area contributed by atoms with E-state index in [1.165, 1.54) is 0 Å². The number of ketones is 2. The first-order valence-corrected chi connectivity index (χ1v) is 13.3. The van der Waals surface area contributed by atoms with Crippen molar-refractivity contribution in [1.82, 2.24) is 0 Å². The molecule has 3 saturated carbocycles. The maximum absolute atomic E-state index is 13.4. The fourth-order valence-electron chi connectivity index (χ4n) is 8.14. The normalized spacial score (nSPS) is 46.5. The number of halogens is 2. The van der Waals surface area contributed by atoms with E-state index in [0.717, 1.165) is 18.4 Å². The van der Waals surface area contributed by atoms with E-state index in [0.29, 0.717) is 19.3 Å². The summed E-state index contributed by atoms with van der Waals surface area (Å²) >= 11 is 10.1. The summed E-state index contributed by atoms with van der Waals surface area (Å²) in [6.45, 7) is 7.89. The van der Waals surface area contributed by atoms with Gasteiger partial charge in [-0.15, -0.1) is 11.6 Å². The van der Waals surface area contributed by atoms with Crippen LogP contribution in [0.4, 0.5) is 4.79 Å². The monoisotopic (exact) mass is 544 g/mol. The highest BCUT2D eigenvalue weighted by molar-refractivity contribution is 9.10. The SMILES string of the molecule is CCOC(=O)O[C@]1(C(=O)CCl)[C@@H](C)C[C@H]2[C@@H]3CCC4=CC(=O)CC[C@]4(C)[C@@]3(Br)[C@@H](O)C[C@@]21C. The number of hydrogen-bond donors (Lipinski definition) is 1. The summed E-state index contributed by atoms with van der Waals surface area (Å²) in [4.78, 5) is 38.1. The second kappa shape index (κ2) is 8.34. The lowest BCUT2D eigenvalue weighted by Gasteiger charge is -2.65. The summed E-state index contributed by atoms with van der Waals surface area (Å²) in [7, 11) is 0. The molecule has 3 fully saturated rings. The predicted octanol–water partition coefficient (Wildman–Crippen LogP) is 4.97. The van der Waals surface area contributed by atoms with Gasteiger partial charge in [-0.25, -0.2) is 4.79 Å². The molecule has 0 bridgehead atoms. The molecule has 6 nitrogen and oxygen atoms in total. The van der Waals surface area contributed by atoms with Crippen LogP contribution < -0.4 is 0 Å². The molecular weight excluding hydrogens is 512 g/mol. The minimum atomic E-state index is -1.46. The Morgan fingerprint density at radius 3 is 2.61 bits per heavy atom. The van der Waals surface area contributed by atoms with E-state index >= 15 is 0 Å². The van der Waals surface area contributed by atoms with Gasteiger partial charge in [0.05, 0.1) is 22.9 Å². The van der Waals surface area contributed by atoms with E-state index < -0.39 is 27.6 Å². The van der Waals surface area contributed by atoms with E-state index in [1.54, 1.807) is 13.0 Å². The number of allylic oxidation sites excluding steroid dienone is 1. The molecule has 0 aromatic carbocycles. The van der Waals surface area contributed by atoms with Crippen LogP contribution in [0.5, 0.6) is 0 Å². The molecule has 4 aliphatic rings. The van der Waals surface area contributed by atoms with Crippen molar-refractivity contribution in [3.8, 4) is 0 Å². The number of carbonyl (C=O) groups excluding carboxylic acids is 3. The Kier molecular flexibility index (Phi) is 6.36. The highest BCUT2D eigenvalue weighted by Gasteiger charge is 2.76. The standard InChI is InChI=1S/C25H34BrClO6/c1-5-32-21(31)33-25(20(30)13-27)14(2)10-18-17-7-6-15-11-16(28)8-9-22(15,3)24(17,26)19(29)12-23(18,25)4/h11,14,17-19,29H,5-10,12-13H2,1-4H3/t14-,17-,18-,19-,22-,23-,24-,25-/m0/s1. The summed E-state index contributed by atoms with van der Waals surface area (Å²) in [5.74, 6) is -0.680. The van der Waals surface area contributed by atoms with E-state index in [1.807, 2.05) is 13.8 Å². The van der Waals surface area contributed by atoms with Crippen molar-refractivity contribution in [1.29, 1.82) is 0 Å². The number of Topliss-reactive ketones (excluding diaryl/α,β-unsaturated/α-hetero) is 1. The third-order valence-corrected chi connectivity index (χ3v) is 11.9. The summed E-state index contributed by atoms with van der Waals surface area (Å²) in [6.07, 6.45) is 3.78. The number of alkyl halides is 2. The number of fused-ring (bicyclic) bond motifs is 5. The Morgan fingerprint density at radius 2 is 1.97 bits per heavy atom. The molecule has 4 aliphatic carbocycles. The Morgan fingerprint density at radius 1 is 1.27 bits per heavy atom. The fourth-order valence-corrected chi connectivity index (χ4v) is 9.50. The third kappa shape index (κ3) is 3.17. The second-order valence-corrected chi connectivity index (χ2v) is 12.4. The van der Waals surface area contributed by atoms with E-state index in [9.17, 15) is 19.5 Å². The van der Waals surface area contributed by atoms with Crippen LogP contribution in [0.2, 0.25) is 0 Å². The first kappa shape index (κ1) is 25.2. The first-order valence-electron chi connectivity index (χ1n) is 12.0. The van der Waals surface area contributed by atoms with Crippen molar-refractivity contribution in [3.63, 3.8) is 0 Å². The van der Waals surface area contributed by atoms with Gasteiger partial charge in [0.1, 0.15) is 0 Å². The Bertz CT molecular complexity index is 905. The second-order valence-electron chi connectivity index (χ2n) is 10.8. The number of carbonyl (C=O) groups is 3. The third-order valence-electron chi connectivity index (χ3n) is 9.62. The Labute approximate surface area is 208 Å². The van der Waals surface area contributed by atoms with Crippen LogP contribution in [0.1, 0.15) is 66.2 Å². The van der Waals surface area contributed by atoms with Crippen molar-refractivity contribution < 1.29 is 29.0 Å². The zero-order chi connectivity index (χ0) is 24.4. The van der Waals surface area contributed by atoms with Gasteiger partial charge in [-0.1, -0.05) is 42.3 Å². The zero-order valence-corrected chi connectivity index (χ0v) is 22.1. The van der Waals surface area contributed by atoms with Gasteiger partial charge in [0.2, 0.25) is 0 Å². The molecule has 0 heterocycles. The van der Waals surface area contributed by atoms with Crippen LogP contribution in [0.15, 0.2) is 11.6 Å². The smallest absolute Gasteiger partial charge is 0.435 e. The number of ether oxygens (including phenoxy) is 2. The van der Waals surface area contributed by atoms with Crippen LogP contribution in [0, 0.1) is 28.6 Å². The molecule has 8 atom stereocenters. The molecule has 0 spiro atoms. The van der Waals surface area contributed by atoms with E-state index in [2.05, 4.69) is 22.9 Å². The van der Waals surface area contributed by atoms with Crippen molar-refractivity contribution in [2.24, 2.45) is 28.6 Å². The molecule has 8 heteroatoms. The number of aliphatic hydroxyl groups is 1.